The van der Waals surface area contributed by atoms with Crippen LogP contribution in [0, 0.1) is 0 Å². The number of ketones is 1. The van der Waals surface area contributed by atoms with E-state index in [9.17, 15) is 9.59 Å². The third kappa shape index (κ3) is 3.43. The third-order valence-corrected chi connectivity index (χ3v) is 3.61. The minimum atomic E-state index is -0.0764. The summed E-state index contributed by atoms with van der Waals surface area (Å²) in [6.07, 6.45) is 0. The normalized spacial score (nSPS) is 14.9. The average Bonchev–Trinajstić information content (AvgIpc) is 2.36. The van der Waals surface area contributed by atoms with E-state index in [2.05, 4.69) is 22.5 Å². The number of benzene rings is 1. The third-order valence-electron chi connectivity index (χ3n) is 3.61. The van der Waals surface area contributed by atoms with Gasteiger partial charge in [0.05, 0.1) is 12.2 Å². The van der Waals surface area contributed by atoms with Crippen molar-refractivity contribution in [1.29, 1.82) is 0 Å². The van der Waals surface area contributed by atoms with Crippen LogP contribution in [0.4, 0.5) is 5.69 Å². The number of carbonyl (C=O) groups is 2. The van der Waals surface area contributed by atoms with Gasteiger partial charge in [-0.15, -0.1) is 0 Å². The van der Waals surface area contributed by atoms with E-state index in [1.165, 1.54) is 6.92 Å². The Hall–Kier alpha value is -1.72. The number of para-hydroxylation sites is 1. The van der Waals surface area contributed by atoms with Crippen molar-refractivity contribution >= 4 is 17.4 Å². The largest absolute Gasteiger partial charge is 0.324 e. The van der Waals surface area contributed by atoms with Crippen molar-refractivity contribution in [2.75, 3.05) is 31.5 Å². The van der Waals surface area contributed by atoms with Crippen LogP contribution in [0.1, 0.15) is 24.2 Å². The van der Waals surface area contributed by atoms with Gasteiger partial charge in [0.1, 0.15) is 0 Å². The minimum Gasteiger partial charge on any atom is -0.324 e. The Labute approximate surface area is 119 Å². The molecule has 5 heteroatoms. The smallest absolute Gasteiger partial charge is 0.238 e. The van der Waals surface area contributed by atoms with Gasteiger partial charge in [0.2, 0.25) is 5.91 Å². The van der Waals surface area contributed by atoms with E-state index in [4.69, 9.17) is 0 Å². The molecule has 2 N–H and O–H groups in total. The lowest BCUT2D eigenvalue weighted by molar-refractivity contribution is -0.118. The van der Waals surface area contributed by atoms with Crippen LogP contribution >= 0.6 is 0 Å². The van der Waals surface area contributed by atoms with Crippen molar-refractivity contribution in [1.82, 2.24) is 10.2 Å². The monoisotopic (exact) mass is 275 g/mol. The SMILES string of the molecule is CCN(CC(=O)Nc1ccccc1C(C)=O)C1CNC1. The van der Waals surface area contributed by atoms with E-state index in [1.54, 1.807) is 18.2 Å². The molecule has 0 bridgehead atoms. The van der Waals surface area contributed by atoms with E-state index < -0.39 is 0 Å². The minimum absolute atomic E-state index is 0.0450. The quantitative estimate of drug-likeness (QED) is 0.764. The Morgan fingerprint density at radius 1 is 1.35 bits per heavy atom. The molecular formula is C15H21N3O2. The Morgan fingerprint density at radius 3 is 2.60 bits per heavy atom. The summed E-state index contributed by atoms with van der Waals surface area (Å²) < 4.78 is 0. The van der Waals surface area contributed by atoms with Gasteiger partial charge in [-0.1, -0.05) is 19.1 Å². The summed E-state index contributed by atoms with van der Waals surface area (Å²) in [6, 6.07) is 7.54. The van der Waals surface area contributed by atoms with Gasteiger partial charge < -0.3 is 10.6 Å². The molecule has 5 nitrogen and oxygen atoms in total. The number of carbonyl (C=O) groups excluding carboxylic acids is 2. The van der Waals surface area contributed by atoms with Crippen LogP contribution in [0.2, 0.25) is 0 Å². The number of rotatable bonds is 6. The number of nitrogens with zero attached hydrogens (tertiary/aromatic N) is 1. The Kier molecular flexibility index (Phi) is 4.87. The Balaban J connectivity index is 1.98. The predicted molar refractivity (Wildman–Crippen MR) is 79.0 cm³/mol. The molecule has 1 aliphatic rings. The van der Waals surface area contributed by atoms with Gasteiger partial charge in [-0.2, -0.15) is 0 Å². The summed E-state index contributed by atoms with van der Waals surface area (Å²) in [6.45, 7) is 6.62. The molecular weight excluding hydrogens is 254 g/mol. The highest BCUT2D eigenvalue weighted by molar-refractivity contribution is 6.04. The van der Waals surface area contributed by atoms with Crippen LogP contribution in [0.15, 0.2) is 24.3 Å². The molecule has 1 saturated heterocycles. The number of amides is 1. The Bertz CT molecular complexity index is 498. The van der Waals surface area contributed by atoms with Gasteiger partial charge >= 0.3 is 0 Å². The summed E-state index contributed by atoms with van der Waals surface area (Å²) in [5, 5.41) is 6.04. The number of hydrogen-bond acceptors (Lipinski definition) is 4. The van der Waals surface area contributed by atoms with E-state index in [1.807, 2.05) is 6.07 Å². The molecule has 0 radical (unpaired) electrons. The van der Waals surface area contributed by atoms with E-state index in [0.717, 1.165) is 19.6 Å². The second-order valence-corrected chi connectivity index (χ2v) is 5.03. The van der Waals surface area contributed by atoms with Gasteiger partial charge in [0.15, 0.2) is 5.78 Å². The van der Waals surface area contributed by atoms with Crippen molar-refractivity contribution in [3.8, 4) is 0 Å². The average molecular weight is 275 g/mol. The molecule has 1 heterocycles. The number of Topliss-reactive ketones (excluding diaryl/α,β-unsaturated/α-hetero) is 1. The molecule has 0 spiro atoms. The zero-order valence-electron chi connectivity index (χ0n) is 12.0. The molecule has 0 unspecified atom stereocenters. The molecule has 0 aliphatic carbocycles. The van der Waals surface area contributed by atoms with Crippen molar-refractivity contribution < 1.29 is 9.59 Å². The number of hydrogen-bond donors (Lipinski definition) is 2. The highest BCUT2D eigenvalue weighted by Gasteiger charge is 2.25. The van der Waals surface area contributed by atoms with Crippen molar-refractivity contribution in [3.05, 3.63) is 29.8 Å². The molecule has 20 heavy (non-hydrogen) atoms. The molecule has 1 fully saturated rings. The van der Waals surface area contributed by atoms with Gasteiger partial charge in [-0.05, 0) is 25.6 Å². The molecule has 1 aromatic carbocycles. The highest BCUT2D eigenvalue weighted by Crippen LogP contribution is 2.15. The topological polar surface area (TPSA) is 61.4 Å². The fourth-order valence-corrected chi connectivity index (χ4v) is 2.30. The molecule has 108 valence electrons. The van der Waals surface area contributed by atoms with Crippen molar-refractivity contribution in [2.24, 2.45) is 0 Å². The van der Waals surface area contributed by atoms with Crippen LogP contribution < -0.4 is 10.6 Å². The molecule has 1 aromatic rings. The van der Waals surface area contributed by atoms with Crippen molar-refractivity contribution in [2.45, 2.75) is 19.9 Å². The maximum Gasteiger partial charge on any atom is 0.238 e. The molecule has 0 atom stereocenters. The van der Waals surface area contributed by atoms with E-state index >= 15 is 0 Å². The maximum atomic E-state index is 12.1. The zero-order chi connectivity index (χ0) is 14.5. The second kappa shape index (κ2) is 6.63. The molecule has 1 aliphatic heterocycles. The molecule has 1 amide bonds. The summed E-state index contributed by atoms with van der Waals surface area (Å²) in [4.78, 5) is 25.8. The predicted octanol–water partition coefficient (Wildman–Crippen LogP) is 1.12. The van der Waals surface area contributed by atoms with Crippen LogP contribution in [-0.2, 0) is 4.79 Å². The first-order valence-electron chi connectivity index (χ1n) is 6.96. The van der Waals surface area contributed by atoms with Gasteiger partial charge in [0.25, 0.3) is 0 Å². The summed E-state index contributed by atoms with van der Waals surface area (Å²) in [5.74, 6) is -0.121. The lowest BCUT2D eigenvalue weighted by Crippen LogP contribution is -2.58. The number of likely N-dealkylation sites (N-methyl/N-ethyl adjacent to an activating group) is 1. The molecule has 0 aromatic heterocycles. The lowest BCUT2D eigenvalue weighted by Gasteiger charge is -2.37. The van der Waals surface area contributed by atoms with Crippen LogP contribution in [0.5, 0.6) is 0 Å². The first-order chi connectivity index (χ1) is 9.61. The van der Waals surface area contributed by atoms with Crippen LogP contribution in [0.3, 0.4) is 0 Å². The second-order valence-electron chi connectivity index (χ2n) is 5.03. The summed E-state index contributed by atoms with van der Waals surface area (Å²) in [7, 11) is 0. The summed E-state index contributed by atoms with van der Waals surface area (Å²) >= 11 is 0. The Morgan fingerprint density at radius 2 is 2.05 bits per heavy atom. The zero-order valence-corrected chi connectivity index (χ0v) is 12.0. The first-order valence-corrected chi connectivity index (χ1v) is 6.96. The summed E-state index contributed by atoms with van der Waals surface area (Å²) in [5.41, 5.74) is 1.14. The van der Waals surface area contributed by atoms with Gasteiger partial charge in [-0.25, -0.2) is 0 Å². The van der Waals surface area contributed by atoms with Crippen LogP contribution in [-0.4, -0.2) is 48.8 Å². The fraction of sp³-hybridized carbons (Fsp3) is 0.467. The van der Waals surface area contributed by atoms with Crippen LogP contribution in [0.25, 0.3) is 0 Å². The van der Waals surface area contributed by atoms with Gasteiger partial charge in [0, 0.05) is 24.7 Å². The van der Waals surface area contributed by atoms with E-state index in [-0.39, 0.29) is 11.7 Å². The standard InChI is InChI=1S/C15H21N3O2/c1-3-18(12-8-16-9-12)10-15(20)17-14-7-5-4-6-13(14)11(2)19/h4-7,12,16H,3,8-10H2,1-2H3,(H,17,20). The number of nitrogens with one attached hydrogen (secondary N) is 2. The number of anilines is 1. The maximum absolute atomic E-state index is 12.1. The first kappa shape index (κ1) is 14.7. The molecule has 2 rings (SSSR count). The van der Waals surface area contributed by atoms with Crippen molar-refractivity contribution in [3.63, 3.8) is 0 Å². The van der Waals surface area contributed by atoms with Gasteiger partial charge in [-0.3, -0.25) is 14.5 Å². The highest BCUT2D eigenvalue weighted by atomic mass is 16.2. The van der Waals surface area contributed by atoms with E-state index in [0.29, 0.717) is 23.8 Å². The molecule has 0 saturated carbocycles. The fourth-order valence-electron chi connectivity index (χ4n) is 2.30. The lowest BCUT2D eigenvalue weighted by atomic mass is 10.1.